The lowest BCUT2D eigenvalue weighted by Crippen LogP contribution is -2.44. The molecule has 1 aliphatic rings. The van der Waals surface area contributed by atoms with E-state index in [1.165, 1.54) is 16.9 Å². The van der Waals surface area contributed by atoms with Gasteiger partial charge >= 0.3 is 0 Å². The Hall–Kier alpha value is -2.86. The number of rotatable bonds is 4. The standard InChI is InChI=1S/C20H19N3O2S/c1-13-7-9-14(10-8-13)25-11-18-21-16(12-26-18)19-22-20(24)15-5-3-4-6-17(15)23(19)2/h3-10,12,19H,11H2,1-2H3,(H,22,24). The number of aryl methyl sites for hydroxylation is 1. The molecule has 1 atom stereocenters. The van der Waals surface area contributed by atoms with Crippen LogP contribution >= 0.6 is 11.3 Å². The van der Waals surface area contributed by atoms with Crippen molar-refractivity contribution in [3.8, 4) is 5.75 Å². The Kier molecular flexibility index (Phi) is 4.34. The van der Waals surface area contributed by atoms with Crippen LogP contribution in [0.2, 0.25) is 0 Å². The number of carbonyl (C=O) groups is 1. The molecule has 5 nitrogen and oxygen atoms in total. The molecule has 1 N–H and O–H groups in total. The van der Waals surface area contributed by atoms with Gasteiger partial charge in [-0.2, -0.15) is 0 Å². The fourth-order valence-electron chi connectivity index (χ4n) is 2.98. The summed E-state index contributed by atoms with van der Waals surface area (Å²) < 4.78 is 5.80. The number of ether oxygens (including phenoxy) is 1. The smallest absolute Gasteiger partial charge is 0.255 e. The molecule has 2 aromatic carbocycles. The van der Waals surface area contributed by atoms with Crippen LogP contribution < -0.4 is 15.0 Å². The van der Waals surface area contributed by atoms with Crippen molar-refractivity contribution >= 4 is 22.9 Å². The van der Waals surface area contributed by atoms with Gasteiger partial charge in [0, 0.05) is 12.4 Å². The SMILES string of the molecule is Cc1ccc(OCc2nc(C3NC(=O)c4ccccc4N3C)cs2)cc1. The van der Waals surface area contributed by atoms with E-state index >= 15 is 0 Å². The average Bonchev–Trinajstić information content (AvgIpc) is 3.13. The second-order valence-electron chi connectivity index (χ2n) is 6.27. The first-order valence-electron chi connectivity index (χ1n) is 8.38. The van der Waals surface area contributed by atoms with Crippen molar-refractivity contribution in [3.63, 3.8) is 0 Å². The topological polar surface area (TPSA) is 54.5 Å². The maximum Gasteiger partial charge on any atom is 0.255 e. The van der Waals surface area contributed by atoms with Gasteiger partial charge in [0.15, 0.2) is 0 Å². The van der Waals surface area contributed by atoms with E-state index in [1.54, 1.807) is 0 Å². The molecule has 0 saturated heterocycles. The molecule has 26 heavy (non-hydrogen) atoms. The van der Waals surface area contributed by atoms with Crippen LogP contribution in [-0.2, 0) is 6.61 Å². The van der Waals surface area contributed by atoms with Crippen LogP contribution in [0.5, 0.6) is 5.75 Å². The summed E-state index contributed by atoms with van der Waals surface area (Å²) in [4.78, 5) is 19.1. The van der Waals surface area contributed by atoms with Crippen molar-refractivity contribution in [2.45, 2.75) is 19.7 Å². The van der Waals surface area contributed by atoms with E-state index < -0.39 is 0 Å². The minimum absolute atomic E-state index is 0.0749. The number of benzene rings is 2. The zero-order valence-corrected chi connectivity index (χ0v) is 15.4. The number of fused-ring (bicyclic) bond motifs is 1. The molecule has 0 spiro atoms. The maximum atomic E-state index is 12.4. The first kappa shape index (κ1) is 16.6. The molecule has 6 heteroatoms. The summed E-state index contributed by atoms with van der Waals surface area (Å²) in [6, 6.07) is 15.5. The van der Waals surface area contributed by atoms with Gasteiger partial charge in [-0.15, -0.1) is 11.3 Å². The summed E-state index contributed by atoms with van der Waals surface area (Å²) in [6.07, 6.45) is -0.276. The molecule has 1 amide bonds. The maximum absolute atomic E-state index is 12.4. The van der Waals surface area contributed by atoms with Crippen LogP contribution in [0.15, 0.2) is 53.9 Å². The number of carbonyl (C=O) groups excluding carboxylic acids is 1. The lowest BCUT2D eigenvalue weighted by molar-refractivity contribution is 0.0927. The molecular weight excluding hydrogens is 346 g/mol. The normalized spacial score (nSPS) is 16.2. The highest BCUT2D eigenvalue weighted by molar-refractivity contribution is 7.09. The van der Waals surface area contributed by atoms with Crippen LogP contribution in [0.4, 0.5) is 5.69 Å². The van der Waals surface area contributed by atoms with Crippen LogP contribution in [0.3, 0.4) is 0 Å². The summed E-state index contributed by atoms with van der Waals surface area (Å²) in [6.45, 7) is 2.46. The minimum Gasteiger partial charge on any atom is -0.486 e. The molecule has 0 radical (unpaired) electrons. The summed E-state index contributed by atoms with van der Waals surface area (Å²) in [5, 5.41) is 5.87. The van der Waals surface area contributed by atoms with E-state index in [0.29, 0.717) is 12.2 Å². The summed E-state index contributed by atoms with van der Waals surface area (Å²) in [7, 11) is 1.96. The minimum atomic E-state index is -0.276. The molecule has 0 saturated carbocycles. The van der Waals surface area contributed by atoms with Gasteiger partial charge in [0.25, 0.3) is 5.91 Å². The van der Waals surface area contributed by atoms with Crippen LogP contribution in [0.1, 0.15) is 32.8 Å². The fourth-order valence-corrected chi connectivity index (χ4v) is 3.70. The van der Waals surface area contributed by atoms with E-state index in [9.17, 15) is 4.79 Å². The van der Waals surface area contributed by atoms with Crippen molar-refractivity contribution in [1.29, 1.82) is 0 Å². The molecule has 0 aliphatic carbocycles. The molecule has 4 rings (SSSR count). The number of hydrogen-bond donors (Lipinski definition) is 1. The number of amides is 1. The zero-order valence-electron chi connectivity index (χ0n) is 14.6. The largest absolute Gasteiger partial charge is 0.486 e. The van der Waals surface area contributed by atoms with Crippen molar-refractivity contribution in [1.82, 2.24) is 10.3 Å². The van der Waals surface area contributed by atoms with E-state index in [1.807, 2.05) is 72.8 Å². The van der Waals surface area contributed by atoms with Crippen molar-refractivity contribution < 1.29 is 9.53 Å². The summed E-state index contributed by atoms with van der Waals surface area (Å²) in [5.74, 6) is 0.749. The van der Waals surface area contributed by atoms with Crippen LogP contribution in [0, 0.1) is 6.92 Å². The lowest BCUT2D eigenvalue weighted by atomic mass is 10.1. The second kappa shape index (κ2) is 6.80. The predicted molar refractivity (Wildman–Crippen MR) is 103 cm³/mol. The zero-order chi connectivity index (χ0) is 18.1. The van der Waals surface area contributed by atoms with E-state index in [0.717, 1.165) is 22.1 Å². The number of para-hydroxylation sites is 1. The van der Waals surface area contributed by atoms with Crippen LogP contribution in [-0.4, -0.2) is 17.9 Å². The molecular formula is C20H19N3O2S. The molecule has 1 unspecified atom stereocenters. The summed E-state index contributed by atoms with van der Waals surface area (Å²) in [5.41, 5.74) is 3.62. The van der Waals surface area contributed by atoms with Gasteiger partial charge in [-0.05, 0) is 31.2 Å². The molecule has 2 heterocycles. The summed E-state index contributed by atoms with van der Waals surface area (Å²) >= 11 is 1.54. The number of nitrogens with zero attached hydrogens (tertiary/aromatic N) is 2. The second-order valence-corrected chi connectivity index (χ2v) is 7.21. The van der Waals surface area contributed by atoms with E-state index in [4.69, 9.17) is 4.74 Å². The van der Waals surface area contributed by atoms with E-state index in [2.05, 4.69) is 10.3 Å². The average molecular weight is 365 g/mol. The van der Waals surface area contributed by atoms with E-state index in [-0.39, 0.29) is 12.1 Å². The number of nitrogens with one attached hydrogen (secondary N) is 1. The highest BCUT2D eigenvalue weighted by Crippen LogP contribution is 2.32. The third kappa shape index (κ3) is 3.15. The Balaban J connectivity index is 1.49. The first-order chi connectivity index (χ1) is 12.6. The third-order valence-electron chi connectivity index (χ3n) is 4.42. The third-order valence-corrected chi connectivity index (χ3v) is 5.26. The Labute approximate surface area is 156 Å². The van der Waals surface area contributed by atoms with Gasteiger partial charge in [0.05, 0.1) is 16.9 Å². The Morgan fingerprint density at radius 2 is 1.96 bits per heavy atom. The molecule has 0 bridgehead atoms. The quantitative estimate of drug-likeness (QED) is 0.762. The number of thiazole rings is 1. The van der Waals surface area contributed by atoms with Gasteiger partial charge < -0.3 is 15.0 Å². The fraction of sp³-hybridized carbons (Fsp3) is 0.200. The molecule has 0 fully saturated rings. The van der Waals surface area contributed by atoms with Gasteiger partial charge in [-0.1, -0.05) is 29.8 Å². The number of aromatic nitrogens is 1. The van der Waals surface area contributed by atoms with Crippen molar-refractivity contribution in [2.24, 2.45) is 0 Å². The Bertz CT molecular complexity index is 936. The highest BCUT2D eigenvalue weighted by atomic mass is 32.1. The van der Waals surface area contributed by atoms with Crippen LogP contribution in [0.25, 0.3) is 0 Å². The molecule has 1 aromatic heterocycles. The Morgan fingerprint density at radius 1 is 1.19 bits per heavy atom. The van der Waals surface area contributed by atoms with Crippen molar-refractivity contribution in [3.05, 3.63) is 75.7 Å². The van der Waals surface area contributed by atoms with Gasteiger partial charge in [0.2, 0.25) is 0 Å². The lowest BCUT2D eigenvalue weighted by Gasteiger charge is -2.35. The monoisotopic (exact) mass is 365 g/mol. The molecule has 1 aliphatic heterocycles. The van der Waals surface area contributed by atoms with Gasteiger partial charge in [-0.3, -0.25) is 4.79 Å². The highest BCUT2D eigenvalue weighted by Gasteiger charge is 2.30. The molecule has 3 aromatic rings. The van der Waals surface area contributed by atoms with Gasteiger partial charge in [0.1, 0.15) is 23.5 Å². The molecule has 132 valence electrons. The number of anilines is 1. The van der Waals surface area contributed by atoms with Crippen molar-refractivity contribution in [2.75, 3.05) is 11.9 Å². The first-order valence-corrected chi connectivity index (χ1v) is 9.26. The Morgan fingerprint density at radius 3 is 2.77 bits per heavy atom. The number of hydrogen-bond acceptors (Lipinski definition) is 5. The van der Waals surface area contributed by atoms with Gasteiger partial charge in [-0.25, -0.2) is 4.98 Å². The predicted octanol–water partition coefficient (Wildman–Crippen LogP) is 3.91.